The summed E-state index contributed by atoms with van der Waals surface area (Å²) < 4.78 is 13.0. The second kappa shape index (κ2) is 6.82. The fraction of sp³-hybridized carbons (Fsp3) is 0.550. The standard InChI is InChI=1S/C20H24ClN3O3/c1-20(2,3)27-19(25)14-6-7-16(22-18(14)21)24-9-8-17(23-24)26-15-11-12-4-5-13(15)10-12/h6-9,12-13,15H,4-5,10-11H2,1-3H3. The molecule has 0 amide bonds. The smallest absolute Gasteiger partial charge is 0.341 e. The van der Waals surface area contributed by atoms with E-state index in [0.717, 1.165) is 12.3 Å². The van der Waals surface area contributed by atoms with Crippen LogP contribution in [0.1, 0.15) is 56.8 Å². The van der Waals surface area contributed by atoms with Crippen molar-refractivity contribution in [2.24, 2.45) is 11.8 Å². The number of esters is 1. The van der Waals surface area contributed by atoms with Crippen LogP contribution in [-0.4, -0.2) is 32.4 Å². The monoisotopic (exact) mass is 389 g/mol. The normalized spacial score (nSPS) is 24.2. The predicted molar refractivity (Wildman–Crippen MR) is 101 cm³/mol. The van der Waals surface area contributed by atoms with Gasteiger partial charge in [0, 0.05) is 12.3 Å². The molecule has 2 heterocycles. The van der Waals surface area contributed by atoms with E-state index in [4.69, 9.17) is 21.1 Å². The van der Waals surface area contributed by atoms with E-state index in [2.05, 4.69) is 10.1 Å². The van der Waals surface area contributed by atoms with E-state index in [0.29, 0.717) is 17.6 Å². The summed E-state index contributed by atoms with van der Waals surface area (Å²) in [5, 5.41) is 4.55. The summed E-state index contributed by atoms with van der Waals surface area (Å²) >= 11 is 6.21. The average Bonchev–Trinajstić information content (AvgIpc) is 3.29. The Labute approximate surface area is 163 Å². The van der Waals surface area contributed by atoms with Crippen molar-refractivity contribution in [2.45, 2.75) is 58.2 Å². The van der Waals surface area contributed by atoms with E-state index < -0.39 is 11.6 Å². The van der Waals surface area contributed by atoms with E-state index >= 15 is 0 Å². The number of ether oxygens (including phenoxy) is 2. The molecule has 27 heavy (non-hydrogen) atoms. The second-order valence-corrected chi connectivity index (χ2v) is 8.80. The number of carbonyl (C=O) groups excluding carboxylic acids is 1. The summed E-state index contributed by atoms with van der Waals surface area (Å²) in [5.41, 5.74) is -0.353. The number of halogens is 1. The van der Waals surface area contributed by atoms with Crippen LogP contribution in [0.4, 0.5) is 0 Å². The summed E-state index contributed by atoms with van der Waals surface area (Å²) in [6, 6.07) is 5.14. The SMILES string of the molecule is CC(C)(C)OC(=O)c1ccc(-n2ccc(OC3CC4CCC3C4)n2)nc1Cl. The number of rotatable bonds is 4. The lowest BCUT2D eigenvalue weighted by Crippen LogP contribution is -2.24. The van der Waals surface area contributed by atoms with Gasteiger partial charge in [-0.15, -0.1) is 5.10 Å². The highest BCUT2D eigenvalue weighted by molar-refractivity contribution is 6.32. The lowest BCUT2D eigenvalue weighted by molar-refractivity contribution is 0.00693. The molecule has 0 N–H and O–H groups in total. The molecular weight excluding hydrogens is 366 g/mol. The summed E-state index contributed by atoms with van der Waals surface area (Å²) in [4.78, 5) is 16.5. The Bertz CT molecular complexity index is 858. The molecule has 3 atom stereocenters. The number of pyridine rings is 1. The first-order chi connectivity index (χ1) is 12.8. The number of aromatic nitrogens is 3. The number of fused-ring (bicyclic) bond motifs is 2. The molecule has 2 aromatic heterocycles. The highest BCUT2D eigenvalue weighted by atomic mass is 35.5. The third kappa shape index (κ3) is 3.95. The maximum absolute atomic E-state index is 12.2. The molecule has 0 radical (unpaired) electrons. The lowest BCUT2D eigenvalue weighted by Gasteiger charge is -2.21. The van der Waals surface area contributed by atoms with Gasteiger partial charge in [0.25, 0.3) is 0 Å². The molecular formula is C20H24ClN3O3. The largest absolute Gasteiger partial charge is 0.473 e. The lowest BCUT2D eigenvalue weighted by atomic mass is 9.98. The fourth-order valence-corrected chi connectivity index (χ4v) is 4.25. The van der Waals surface area contributed by atoms with Crippen molar-refractivity contribution in [3.8, 4) is 11.7 Å². The molecule has 6 nitrogen and oxygen atoms in total. The van der Waals surface area contributed by atoms with Crippen LogP contribution in [0.25, 0.3) is 5.82 Å². The Hall–Kier alpha value is -2.08. The van der Waals surface area contributed by atoms with Gasteiger partial charge >= 0.3 is 5.97 Å². The van der Waals surface area contributed by atoms with Crippen LogP contribution < -0.4 is 4.74 Å². The van der Waals surface area contributed by atoms with E-state index in [9.17, 15) is 4.79 Å². The van der Waals surface area contributed by atoms with Crippen molar-refractivity contribution < 1.29 is 14.3 Å². The number of nitrogens with zero attached hydrogens (tertiary/aromatic N) is 3. The fourth-order valence-electron chi connectivity index (χ4n) is 4.02. The summed E-state index contributed by atoms with van der Waals surface area (Å²) in [7, 11) is 0. The highest BCUT2D eigenvalue weighted by Gasteiger charge is 2.41. The van der Waals surface area contributed by atoms with Gasteiger partial charge in [0.2, 0.25) is 5.88 Å². The van der Waals surface area contributed by atoms with Gasteiger partial charge in [-0.05, 0) is 70.4 Å². The quantitative estimate of drug-likeness (QED) is 0.571. The van der Waals surface area contributed by atoms with E-state index in [1.807, 2.05) is 26.8 Å². The molecule has 3 unspecified atom stereocenters. The molecule has 2 aromatic rings. The molecule has 2 saturated carbocycles. The molecule has 0 aliphatic heterocycles. The van der Waals surface area contributed by atoms with Crippen LogP contribution in [0.5, 0.6) is 5.88 Å². The van der Waals surface area contributed by atoms with Gasteiger partial charge in [0.15, 0.2) is 5.82 Å². The molecule has 2 bridgehead atoms. The molecule has 2 aliphatic carbocycles. The van der Waals surface area contributed by atoms with Crippen molar-refractivity contribution >= 4 is 17.6 Å². The van der Waals surface area contributed by atoms with Crippen molar-refractivity contribution in [3.63, 3.8) is 0 Å². The molecule has 0 saturated heterocycles. The minimum Gasteiger partial charge on any atom is -0.473 e. The molecule has 2 aliphatic rings. The van der Waals surface area contributed by atoms with Crippen LogP contribution in [-0.2, 0) is 4.74 Å². The third-order valence-corrected chi connectivity index (χ3v) is 5.49. The van der Waals surface area contributed by atoms with Crippen LogP contribution in [0.15, 0.2) is 24.4 Å². The molecule has 144 valence electrons. The average molecular weight is 390 g/mol. The Morgan fingerprint density at radius 1 is 1.22 bits per heavy atom. The number of carbonyl (C=O) groups is 1. The first-order valence-corrected chi connectivity index (χ1v) is 9.79. The summed E-state index contributed by atoms with van der Waals surface area (Å²) in [5.74, 6) is 2.12. The molecule has 2 fully saturated rings. The van der Waals surface area contributed by atoms with Gasteiger partial charge in [-0.2, -0.15) is 0 Å². The van der Waals surface area contributed by atoms with Crippen LogP contribution in [0.2, 0.25) is 5.15 Å². The first-order valence-electron chi connectivity index (χ1n) is 9.41. The van der Waals surface area contributed by atoms with E-state index in [-0.39, 0.29) is 16.8 Å². The minimum absolute atomic E-state index is 0.0906. The van der Waals surface area contributed by atoms with Crippen LogP contribution in [0.3, 0.4) is 0 Å². The van der Waals surface area contributed by atoms with Crippen LogP contribution >= 0.6 is 11.6 Å². The molecule has 4 rings (SSSR count). The number of hydrogen-bond acceptors (Lipinski definition) is 5. The van der Waals surface area contributed by atoms with Gasteiger partial charge in [-0.3, -0.25) is 0 Å². The summed E-state index contributed by atoms with van der Waals surface area (Å²) in [6.45, 7) is 5.42. The molecule has 0 aromatic carbocycles. The Morgan fingerprint density at radius 3 is 2.67 bits per heavy atom. The molecule has 0 spiro atoms. The summed E-state index contributed by atoms with van der Waals surface area (Å²) in [6.07, 6.45) is 7.08. The first kappa shape index (κ1) is 18.3. The van der Waals surface area contributed by atoms with E-state index in [1.54, 1.807) is 23.0 Å². The zero-order chi connectivity index (χ0) is 19.2. The zero-order valence-corrected chi connectivity index (χ0v) is 16.6. The zero-order valence-electron chi connectivity index (χ0n) is 15.8. The topological polar surface area (TPSA) is 66.2 Å². The van der Waals surface area contributed by atoms with Gasteiger partial charge in [0.05, 0.1) is 5.56 Å². The maximum Gasteiger partial charge on any atom is 0.341 e. The van der Waals surface area contributed by atoms with Crippen molar-refractivity contribution in [2.75, 3.05) is 0 Å². The van der Waals surface area contributed by atoms with Gasteiger partial charge in [-0.1, -0.05) is 11.6 Å². The highest BCUT2D eigenvalue weighted by Crippen LogP contribution is 2.45. The van der Waals surface area contributed by atoms with Crippen molar-refractivity contribution in [3.05, 3.63) is 35.1 Å². The van der Waals surface area contributed by atoms with E-state index in [1.165, 1.54) is 19.3 Å². The van der Waals surface area contributed by atoms with Gasteiger partial charge in [-0.25, -0.2) is 14.5 Å². The Morgan fingerprint density at radius 2 is 2.04 bits per heavy atom. The second-order valence-electron chi connectivity index (χ2n) is 8.44. The van der Waals surface area contributed by atoms with Crippen molar-refractivity contribution in [1.82, 2.24) is 14.8 Å². The van der Waals surface area contributed by atoms with Gasteiger partial charge in [0.1, 0.15) is 16.9 Å². The molecule has 7 heteroatoms. The predicted octanol–water partition coefficient (Wildman–Crippen LogP) is 4.44. The maximum atomic E-state index is 12.2. The van der Waals surface area contributed by atoms with Gasteiger partial charge < -0.3 is 9.47 Å². The minimum atomic E-state index is -0.590. The Kier molecular flexibility index (Phi) is 4.62. The van der Waals surface area contributed by atoms with Crippen molar-refractivity contribution in [1.29, 1.82) is 0 Å². The number of hydrogen-bond donors (Lipinski definition) is 0. The van der Waals surface area contributed by atoms with Crippen LogP contribution in [0, 0.1) is 11.8 Å². The Balaban J connectivity index is 1.47. The third-order valence-electron chi connectivity index (χ3n) is 5.20.